The number of hydrogen-bond donors (Lipinski definition) is 0. The highest BCUT2D eigenvalue weighted by Crippen LogP contribution is 2.26. The molecule has 0 aliphatic heterocycles. The Morgan fingerprint density at radius 3 is 2.58 bits per heavy atom. The van der Waals surface area contributed by atoms with Crippen molar-refractivity contribution in [2.24, 2.45) is 5.11 Å². The summed E-state index contributed by atoms with van der Waals surface area (Å²) in [5, 5.41) is 3.43. The largest absolute Gasteiger partial charge is 0.294 e. The van der Waals surface area contributed by atoms with Gasteiger partial charge in [0.2, 0.25) is 0 Å². The van der Waals surface area contributed by atoms with Crippen molar-refractivity contribution in [2.45, 2.75) is 46.0 Å². The first kappa shape index (κ1) is 15.3. The van der Waals surface area contributed by atoms with Gasteiger partial charge in [0.15, 0.2) is 5.78 Å². The summed E-state index contributed by atoms with van der Waals surface area (Å²) in [6.45, 7) is 8.91. The molecule has 4 nitrogen and oxygen atoms in total. The molecule has 0 unspecified atom stereocenters. The van der Waals surface area contributed by atoms with Gasteiger partial charge in [0.25, 0.3) is 0 Å². The molecule has 102 valence electrons. The van der Waals surface area contributed by atoms with Crippen molar-refractivity contribution in [1.82, 2.24) is 0 Å². The van der Waals surface area contributed by atoms with Gasteiger partial charge in [-0.15, -0.1) is 0 Å². The van der Waals surface area contributed by atoms with E-state index in [1.165, 1.54) is 5.56 Å². The molecule has 19 heavy (non-hydrogen) atoms. The van der Waals surface area contributed by atoms with Crippen LogP contribution in [0.15, 0.2) is 23.3 Å². The molecule has 0 N–H and O–H groups in total. The van der Waals surface area contributed by atoms with Crippen LogP contribution in [0, 0.1) is 6.92 Å². The van der Waals surface area contributed by atoms with E-state index in [2.05, 4.69) is 30.8 Å². The first-order valence-electron chi connectivity index (χ1n) is 6.51. The first-order valence-corrected chi connectivity index (χ1v) is 6.51. The highest BCUT2D eigenvalue weighted by Gasteiger charge is 2.17. The molecule has 0 saturated carbocycles. The van der Waals surface area contributed by atoms with Crippen molar-refractivity contribution in [2.75, 3.05) is 6.54 Å². The van der Waals surface area contributed by atoms with Crippen LogP contribution in [-0.4, -0.2) is 12.3 Å². The third-order valence-corrected chi connectivity index (χ3v) is 3.08. The monoisotopic (exact) mass is 259 g/mol. The van der Waals surface area contributed by atoms with Crippen LogP contribution in [0.1, 0.15) is 55.1 Å². The summed E-state index contributed by atoms with van der Waals surface area (Å²) >= 11 is 0. The fourth-order valence-electron chi connectivity index (χ4n) is 2.18. The minimum atomic E-state index is 0.0904. The maximum atomic E-state index is 12.0. The van der Waals surface area contributed by atoms with E-state index in [0.29, 0.717) is 19.4 Å². The number of aryl methyl sites for hydroxylation is 1. The van der Waals surface area contributed by atoms with Gasteiger partial charge < -0.3 is 0 Å². The van der Waals surface area contributed by atoms with Gasteiger partial charge in [0.05, 0.1) is 0 Å². The predicted octanol–water partition coefficient (Wildman–Crippen LogP) is 4.57. The highest BCUT2D eigenvalue weighted by molar-refractivity contribution is 5.96. The molecule has 0 radical (unpaired) electrons. The number of nitrogens with zero attached hydrogens (tertiary/aromatic N) is 3. The second kappa shape index (κ2) is 6.39. The van der Waals surface area contributed by atoms with Crippen molar-refractivity contribution >= 4 is 5.78 Å². The van der Waals surface area contributed by atoms with Gasteiger partial charge in [-0.25, -0.2) is 0 Å². The number of ketones is 1. The molecule has 0 fully saturated rings. The molecule has 1 aromatic carbocycles. The van der Waals surface area contributed by atoms with Crippen molar-refractivity contribution < 1.29 is 4.79 Å². The number of benzene rings is 1. The molecule has 0 aliphatic carbocycles. The van der Waals surface area contributed by atoms with Crippen LogP contribution < -0.4 is 0 Å². The second-order valence-electron chi connectivity index (χ2n) is 5.76. The molecule has 0 aromatic heterocycles. The molecular formula is C15H21N3O. The van der Waals surface area contributed by atoms with E-state index in [1.807, 2.05) is 25.1 Å². The molecule has 0 aliphatic rings. The minimum Gasteiger partial charge on any atom is -0.294 e. The molecular weight excluding hydrogens is 238 g/mol. The van der Waals surface area contributed by atoms with Crippen LogP contribution in [0.25, 0.3) is 10.4 Å². The molecule has 0 saturated heterocycles. The van der Waals surface area contributed by atoms with Crippen molar-refractivity contribution in [3.63, 3.8) is 0 Å². The van der Waals surface area contributed by atoms with Crippen LogP contribution in [0.3, 0.4) is 0 Å². The number of carbonyl (C=O) groups is 1. The number of carbonyl (C=O) groups excluding carboxylic acids is 1. The van der Waals surface area contributed by atoms with E-state index in [9.17, 15) is 4.79 Å². The van der Waals surface area contributed by atoms with Gasteiger partial charge in [0.1, 0.15) is 0 Å². The quantitative estimate of drug-likeness (QED) is 0.251. The summed E-state index contributed by atoms with van der Waals surface area (Å²) < 4.78 is 0. The third-order valence-electron chi connectivity index (χ3n) is 3.08. The zero-order chi connectivity index (χ0) is 14.5. The van der Waals surface area contributed by atoms with E-state index in [4.69, 9.17) is 5.53 Å². The summed E-state index contributed by atoms with van der Waals surface area (Å²) in [5.41, 5.74) is 11.4. The van der Waals surface area contributed by atoms with Crippen molar-refractivity contribution in [3.05, 3.63) is 45.3 Å². The molecule has 0 spiro atoms. The molecule has 0 amide bonds. The lowest BCUT2D eigenvalue weighted by Crippen LogP contribution is -2.13. The Hall–Kier alpha value is -1.80. The zero-order valence-corrected chi connectivity index (χ0v) is 12.1. The van der Waals surface area contributed by atoms with Gasteiger partial charge in [-0.2, -0.15) is 0 Å². The van der Waals surface area contributed by atoms with Gasteiger partial charge in [-0.05, 0) is 41.5 Å². The van der Waals surface area contributed by atoms with Crippen molar-refractivity contribution in [3.8, 4) is 0 Å². The highest BCUT2D eigenvalue weighted by atomic mass is 16.1. The van der Waals surface area contributed by atoms with Crippen molar-refractivity contribution in [1.29, 1.82) is 0 Å². The fraction of sp³-hybridized carbons (Fsp3) is 0.533. The molecule has 1 rings (SSSR count). The molecule has 4 heteroatoms. The average Bonchev–Trinajstić information content (AvgIpc) is 2.32. The Balaban J connectivity index is 2.78. The topological polar surface area (TPSA) is 65.8 Å². The Morgan fingerprint density at radius 1 is 1.37 bits per heavy atom. The van der Waals surface area contributed by atoms with E-state index in [0.717, 1.165) is 11.1 Å². The minimum absolute atomic E-state index is 0.0904. The van der Waals surface area contributed by atoms with Gasteiger partial charge in [-0.3, -0.25) is 4.79 Å². The fourth-order valence-corrected chi connectivity index (χ4v) is 2.18. The summed E-state index contributed by atoms with van der Waals surface area (Å²) in [5.74, 6) is 0.108. The van der Waals surface area contributed by atoms with Crippen LogP contribution in [-0.2, 0) is 5.41 Å². The van der Waals surface area contributed by atoms with Gasteiger partial charge >= 0.3 is 0 Å². The Kier molecular flexibility index (Phi) is 5.13. The maximum absolute atomic E-state index is 12.0. The summed E-state index contributed by atoms with van der Waals surface area (Å²) in [6.07, 6.45) is 1.02. The van der Waals surface area contributed by atoms with E-state index >= 15 is 0 Å². The normalized spacial score (nSPS) is 10.9. The number of azide groups is 1. The lowest BCUT2D eigenvalue weighted by Gasteiger charge is -2.22. The first-order chi connectivity index (χ1) is 8.86. The SMILES string of the molecule is Cc1cc(C(=O)CCCN=[N+]=[N-])ccc1C(C)(C)C. The van der Waals surface area contributed by atoms with Crippen LogP contribution in [0.2, 0.25) is 0 Å². The predicted molar refractivity (Wildman–Crippen MR) is 77.5 cm³/mol. The molecule has 0 bridgehead atoms. The number of rotatable bonds is 5. The van der Waals surface area contributed by atoms with E-state index < -0.39 is 0 Å². The summed E-state index contributed by atoms with van der Waals surface area (Å²) in [4.78, 5) is 14.7. The van der Waals surface area contributed by atoms with E-state index in [-0.39, 0.29) is 11.2 Å². The Morgan fingerprint density at radius 2 is 2.05 bits per heavy atom. The smallest absolute Gasteiger partial charge is 0.162 e. The van der Waals surface area contributed by atoms with E-state index in [1.54, 1.807) is 0 Å². The average molecular weight is 259 g/mol. The summed E-state index contributed by atoms with van der Waals surface area (Å²) in [7, 11) is 0. The van der Waals surface area contributed by atoms with Crippen LogP contribution in [0.5, 0.6) is 0 Å². The third kappa shape index (κ3) is 4.42. The second-order valence-corrected chi connectivity index (χ2v) is 5.76. The maximum Gasteiger partial charge on any atom is 0.162 e. The lowest BCUT2D eigenvalue weighted by molar-refractivity contribution is 0.0980. The summed E-state index contributed by atoms with van der Waals surface area (Å²) in [6, 6.07) is 5.88. The number of hydrogen-bond acceptors (Lipinski definition) is 2. The lowest BCUT2D eigenvalue weighted by atomic mass is 9.83. The molecule has 1 aromatic rings. The Bertz CT molecular complexity index is 509. The standard InChI is InChI=1S/C15H21N3O/c1-11-10-12(7-8-13(11)15(2,3)4)14(19)6-5-9-17-18-16/h7-8,10H,5-6,9H2,1-4H3. The van der Waals surface area contributed by atoms with Crippen LogP contribution >= 0.6 is 0 Å². The molecule has 0 atom stereocenters. The van der Waals surface area contributed by atoms with Crippen LogP contribution in [0.4, 0.5) is 0 Å². The number of Topliss-reactive ketones (excluding diaryl/α,β-unsaturated/α-hetero) is 1. The Labute approximate surface area is 114 Å². The molecule has 0 heterocycles. The van der Waals surface area contributed by atoms with Gasteiger partial charge in [0, 0.05) is 23.4 Å². The van der Waals surface area contributed by atoms with Gasteiger partial charge in [-0.1, -0.05) is 38.0 Å². The zero-order valence-electron chi connectivity index (χ0n) is 12.1.